The molecule has 3 heteroatoms. The highest BCUT2D eigenvalue weighted by Crippen LogP contribution is 2.17. The molecule has 0 atom stereocenters. The average molecular weight is 192 g/mol. The second-order valence-electron chi connectivity index (χ2n) is 2.95. The molecule has 0 heterocycles. The maximum absolute atomic E-state index is 13.0. The number of benzene rings is 1. The van der Waals surface area contributed by atoms with E-state index in [2.05, 4.69) is 4.90 Å². The van der Waals surface area contributed by atoms with Gasteiger partial charge < -0.3 is 4.90 Å². The third-order valence-electron chi connectivity index (χ3n) is 2.20. The molecule has 0 aliphatic heterocycles. The Labute approximate surface area is 83.6 Å². The highest BCUT2D eigenvalue weighted by Gasteiger charge is 2.06. The number of hydrogen-bond donors (Lipinski definition) is 0. The van der Waals surface area contributed by atoms with Gasteiger partial charge in [0.05, 0.1) is 5.56 Å². The van der Waals surface area contributed by atoms with Crippen molar-refractivity contribution in [3.05, 3.63) is 29.6 Å². The van der Waals surface area contributed by atoms with Gasteiger partial charge in [-0.1, -0.05) is 0 Å². The minimum atomic E-state index is -0.455. The lowest BCUT2D eigenvalue weighted by Gasteiger charge is -2.20. The summed E-state index contributed by atoms with van der Waals surface area (Å²) in [7, 11) is 0. The van der Waals surface area contributed by atoms with Crippen molar-refractivity contribution in [2.75, 3.05) is 18.0 Å². The molecular weight excluding hydrogens is 179 g/mol. The fraction of sp³-hybridized carbons (Fsp3) is 0.364. The predicted molar refractivity (Wildman–Crippen MR) is 54.7 cm³/mol. The zero-order valence-corrected chi connectivity index (χ0v) is 8.42. The Kier molecular flexibility index (Phi) is 3.47. The van der Waals surface area contributed by atoms with E-state index >= 15 is 0 Å². The van der Waals surface area contributed by atoms with Gasteiger partial charge in [0, 0.05) is 18.8 Å². The summed E-state index contributed by atoms with van der Waals surface area (Å²) in [6.07, 6.45) is 0. The van der Waals surface area contributed by atoms with Crippen molar-refractivity contribution in [1.29, 1.82) is 5.26 Å². The quantitative estimate of drug-likeness (QED) is 0.735. The summed E-state index contributed by atoms with van der Waals surface area (Å²) in [6, 6.07) is 6.46. The van der Waals surface area contributed by atoms with Crippen LogP contribution < -0.4 is 4.90 Å². The summed E-state index contributed by atoms with van der Waals surface area (Å²) in [5.74, 6) is -0.455. The van der Waals surface area contributed by atoms with Crippen LogP contribution in [0.15, 0.2) is 18.2 Å². The van der Waals surface area contributed by atoms with Crippen molar-refractivity contribution in [2.45, 2.75) is 13.8 Å². The standard InChI is InChI=1S/C11H13FN2/c1-3-14(4-2)10-5-6-11(12)9(7-10)8-13/h5-7H,3-4H2,1-2H3. The van der Waals surface area contributed by atoms with Gasteiger partial charge in [-0.15, -0.1) is 0 Å². The second-order valence-corrected chi connectivity index (χ2v) is 2.95. The molecule has 0 saturated heterocycles. The zero-order valence-electron chi connectivity index (χ0n) is 8.42. The first-order chi connectivity index (χ1) is 6.72. The topological polar surface area (TPSA) is 27.0 Å². The molecule has 0 radical (unpaired) electrons. The molecule has 0 aliphatic rings. The van der Waals surface area contributed by atoms with E-state index in [9.17, 15) is 4.39 Å². The predicted octanol–water partition coefficient (Wildman–Crippen LogP) is 2.54. The van der Waals surface area contributed by atoms with Crippen molar-refractivity contribution in [1.82, 2.24) is 0 Å². The minimum absolute atomic E-state index is 0.106. The van der Waals surface area contributed by atoms with Gasteiger partial charge >= 0.3 is 0 Å². The number of nitriles is 1. The number of halogens is 1. The Morgan fingerprint density at radius 2 is 2.00 bits per heavy atom. The molecule has 0 bridgehead atoms. The zero-order chi connectivity index (χ0) is 10.6. The fourth-order valence-electron chi connectivity index (χ4n) is 1.38. The van der Waals surface area contributed by atoms with E-state index in [4.69, 9.17) is 5.26 Å². The highest BCUT2D eigenvalue weighted by atomic mass is 19.1. The maximum atomic E-state index is 13.0. The lowest BCUT2D eigenvalue weighted by Crippen LogP contribution is -2.21. The van der Waals surface area contributed by atoms with Crippen LogP contribution in [0, 0.1) is 17.1 Å². The van der Waals surface area contributed by atoms with Crippen LogP contribution in [0.4, 0.5) is 10.1 Å². The Hall–Kier alpha value is -1.56. The second kappa shape index (κ2) is 4.61. The van der Waals surface area contributed by atoms with Crippen LogP contribution in [0.3, 0.4) is 0 Å². The SMILES string of the molecule is CCN(CC)c1ccc(F)c(C#N)c1. The van der Waals surface area contributed by atoms with Crippen molar-refractivity contribution >= 4 is 5.69 Å². The molecule has 0 N–H and O–H groups in total. The molecule has 0 amide bonds. The van der Waals surface area contributed by atoms with E-state index < -0.39 is 5.82 Å². The third kappa shape index (κ3) is 2.02. The van der Waals surface area contributed by atoms with Crippen molar-refractivity contribution < 1.29 is 4.39 Å². The monoisotopic (exact) mass is 192 g/mol. The van der Waals surface area contributed by atoms with Crippen LogP contribution in [0.1, 0.15) is 19.4 Å². The van der Waals surface area contributed by atoms with E-state index in [1.807, 2.05) is 19.9 Å². The first-order valence-electron chi connectivity index (χ1n) is 4.67. The van der Waals surface area contributed by atoms with Gasteiger partial charge in [-0.25, -0.2) is 4.39 Å². The van der Waals surface area contributed by atoms with Crippen LogP contribution >= 0.6 is 0 Å². The molecule has 1 aromatic carbocycles. The van der Waals surface area contributed by atoms with Crippen molar-refractivity contribution in [2.24, 2.45) is 0 Å². The van der Waals surface area contributed by atoms with Crippen molar-refractivity contribution in [3.8, 4) is 6.07 Å². The normalized spacial score (nSPS) is 9.57. The Morgan fingerprint density at radius 1 is 1.36 bits per heavy atom. The Bertz CT molecular complexity index is 351. The average Bonchev–Trinajstić information content (AvgIpc) is 2.22. The van der Waals surface area contributed by atoms with Crippen LogP contribution in [0.25, 0.3) is 0 Å². The summed E-state index contributed by atoms with van der Waals surface area (Å²) in [6.45, 7) is 5.76. The van der Waals surface area contributed by atoms with E-state index in [0.717, 1.165) is 18.8 Å². The first kappa shape index (κ1) is 10.5. The Morgan fingerprint density at radius 3 is 2.50 bits per heavy atom. The lowest BCUT2D eigenvalue weighted by atomic mass is 10.2. The summed E-state index contributed by atoms with van der Waals surface area (Å²) in [5.41, 5.74) is 1.00. The molecule has 74 valence electrons. The van der Waals surface area contributed by atoms with Gasteiger partial charge in [-0.2, -0.15) is 5.26 Å². The molecule has 0 spiro atoms. The number of nitrogens with zero attached hydrogens (tertiary/aromatic N) is 2. The van der Waals surface area contributed by atoms with Gasteiger partial charge in [0.1, 0.15) is 11.9 Å². The van der Waals surface area contributed by atoms with E-state index in [0.29, 0.717) is 0 Å². The summed E-state index contributed by atoms with van der Waals surface area (Å²) in [4.78, 5) is 2.07. The van der Waals surface area contributed by atoms with Crippen molar-refractivity contribution in [3.63, 3.8) is 0 Å². The molecule has 14 heavy (non-hydrogen) atoms. The van der Waals surface area contributed by atoms with E-state index in [-0.39, 0.29) is 5.56 Å². The number of anilines is 1. The molecule has 0 unspecified atom stereocenters. The van der Waals surface area contributed by atoms with Gasteiger partial charge in [0.2, 0.25) is 0 Å². The van der Waals surface area contributed by atoms with Gasteiger partial charge in [-0.3, -0.25) is 0 Å². The number of hydrogen-bond acceptors (Lipinski definition) is 2. The molecular formula is C11H13FN2. The van der Waals surface area contributed by atoms with Gasteiger partial charge in [-0.05, 0) is 32.0 Å². The molecule has 0 fully saturated rings. The smallest absolute Gasteiger partial charge is 0.141 e. The van der Waals surface area contributed by atoms with Crippen LogP contribution in [0.5, 0.6) is 0 Å². The van der Waals surface area contributed by atoms with Crippen LogP contribution in [0.2, 0.25) is 0 Å². The molecule has 0 saturated carbocycles. The number of rotatable bonds is 3. The highest BCUT2D eigenvalue weighted by molar-refractivity contribution is 5.51. The minimum Gasteiger partial charge on any atom is -0.372 e. The molecule has 0 aliphatic carbocycles. The van der Waals surface area contributed by atoms with Gasteiger partial charge in [0.25, 0.3) is 0 Å². The molecule has 1 rings (SSSR count). The lowest BCUT2D eigenvalue weighted by molar-refractivity contribution is 0.623. The fourth-order valence-corrected chi connectivity index (χ4v) is 1.38. The summed E-state index contributed by atoms with van der Waals surface area (Å²) < 4.78 is 13.0. The largest absolute Gasteiger partial charge is 0.372 e. The maximum Gasteiger partial charge on any atom is 0.141 e. The molecule has 0 aromatic heterocycles. The van der Waals surface area contributed by atoms with Gasteiger partial charge in [0.15, 0.2) is 0 Å². The van der Waals surface area contributed by atoms with E-state index in [1.54, 1.807) is 12.1 Å². The van der Waals surface area contributed by atoms with Crippen LogP contribution in [-0.4, -0.2) is 13.1 Å². The summed E-state index contributed by atoms with van der Waals surface area (Å²) >= 11 is 0. The van der Waals surface area contributed by atoms with E-state index in [1.165, 1.54) is 6.07 Å². The Balaban J connectivity index is 3.06. The summed E-state index contributed by atoms with van der Waals surface area (Å²) in [5, 5.41) is 8.66. The first-order valence-corrected chi connectivity index (χ1v) is 4.67. The molecule has 1 aromatic rings. The molecule has 2 nitrogen and oxygen atoms in total. The third-order valence-corrected chi connectivity index (χ3v) is 2.20. The van der Waals surface area contributed by atoms with Crippen LogP contribution in [-0.2, 0) is 0 Å².